The first kappa shape index (κ1) is 19.7. The van der Waals surface area contributed by atoms with Gasteiger partial charge in [0.2, 0.25) is 0 Å². The molecule has 0 bridgehead atoms. The molecule has 27 heavy (non-hydrogen) atoms. The monoisotopic (exact) mass is 376 g/mol. The van der Waals surface area contributed by atoms with Crippen LogP contribution >= 0.6 is 0 Å². The van der Waals surface area contributed by atoms with E-state index < -0.39 is 8.32 Å². The van der Waals surface area contributed by atoms with Crippen LogP contribution in [0, 0.1) is 0 Å². The van der Waals surface area contributed by atoms with Gasteiger partial charge in [-0.3, -0.25) is 0 Å². The number of benzene rings is 3. The summed E-state index contributed by atoms with van der Waals surface area (Å²) in [6.07, 6.45) is 0. The Morgan fingerprint density at radius 1 is 0.741 bits per heavy atom. The topological polar surface area (TPSA) is 9.23 Å². The van der Waals surface area contributed by atoms with Crippen molar-refractivity contribution in [1.29, 1.82) is 0 Å². The maximum absolute atomic E-state index is 6.81. The van der Waals surface area contributed by atoms with Crippen LogP contribution in [0.2, 0.25) is 16.6 Å². The lowest BCUT2D eigenvalue weighted by Gasteiger charge is -2.42. The summed E-state index contributed by atoms with van der Waals surface area (Å²) < 4.78 is 6.81. The molecule has 2 heteroatoms. The molecule has 3 aromatic carbocycles. The Bertz CT molecular complexity index is 947. The molecule has 0 atom stereocenters. The Morgan fingerprint density at radius 3 is 1.85 bits per heavy atom. The van der Waals surface area contributed by atoms with Gasteiger partial charge in [-0.15, -0.1) is 0 Å². The summed E-state index contributed by atoms with van der Waals surface area (Å²) in [6.45, 7) is 18.2. The van der Waals surface area contributed by atoms with Crippen LogP contribution in [0.5, 0.6) is 0 Å². The van der Waals surface area contributed by atoms with Gasteiger partial charge in [-0.25, -0.2) is 0 Å². The molecular formula is C25H32OSi. The highest BCUT2D eigenvalue weighted by Gasteiger charge is 2.47. The SMILES string of the molecule is C=C(O[Si](C(C)C)(C(C)C)C(C)C)c1ccc2ccc3ccccc3c2c1. The number of hydrogen-bond acceptors (Lipinski definition) is 1. The summed E-state index contributed by atoms with van der Waals surface area (Å²) in [7, 11) is -1.99. The highest BCUT2D eigenvalue weighted by Crippen LogP contribution is 2.44. The molecular weight excluding hydrogens is 344 g/mol. The van der Waals surface area contributed by atoms with Gasteiger partial charge in [-0.2, -0.15) is 0 Å². The van der Waals surface area contributed by atoms with Gasteiger partial charge in [0.05, 0.1) is 0 Å². The van der Waals surface area contributed by atoms with Crippen LogP contribution in [0.4, 0.5) is 0 Å². The summed E-state index contributed by atoms with van der Waals surface area (Å²) in [5.74, 6) is 0.826. The minimum absolute atomic E-state index is 0.538. The maximum atomic E-state index is 6.81. The third kappa shape index (κ3) is 3.43. The van der Waals surface area contributed by atoms with E-state index in [1.54, 1.807) is 0 Å². The molecule has 0 N–H and O–H groups in total. The number of rotatable bonds is 6. The van der Waals surface area contributed by atoms with E-state index in [1.165, 1.54) is 21.5 Å². The van der Waals surface area contributed by atoms with Gasteiger partial charge in [-0.1, -0.05) is 96.7 Å². The molecule has 0 heterocycles. The lowest BCUT2D eigenvalue weighted by Crippen LogP contribution is -2.47. The first-order valence-corrected chi connectivity index (χ1v) is 12.2. The number of fused-ring (bicyclic) bond motifs is 3. The Kier molecular flexibility index (Phi) is 5.48. The van der Waals surface area contributed by atoms with E-state index in [4.69, 9.17) is 4.43 Å². The van der Waals surface area contributed by atoms with E-state index in [-0.39, 0.29) is 0 Å². The van der Waals surface area contributed by atoms with Crippen molar-refractivity contribution in [3.8, 4) is 0 Å². The van der Waals surface area contributed by atoms with Gasteiger partial charge in [0.15, 0.2) is 0 Å². The van der Waals surface area contributed by atoms with Crippen LogP contribution in [0.25, 0.3) is 27.3 Å². The molecule has 0 amide bonds. The Balaban J connectivity index is 2.06. The average molecular weight is 377 g/mol. The predicted octanol–water partition coefficient (Wildman–Crippen LogP) is 8.16. The second-order valence-electron chi connectivity index (χ2n) is 8.57. The van der Waals surface area contributed by atoms with Crippen molar-refractivity contribution in [3.63, 3.8) is 0 Å². The lowest BCUT2D eigenvalue weighted by molar-refractivity contribution is 0.445. The van der Waals surface area contributed by atoms with Crippen molar-refractivity contribution >= 4 is 35.6 Å². The quantitative estimate of drug-likeness (QED) is 0.239. The molecule has 0 fully saturated rings. The zero-order valence-corrected chi connectivity index (χ0v) is 18.5. The molecule has 0 aliphatic carbocycles. The molecule has 0 saturated heterocycles. The predicted molar refractivity (Wildman–Crippen MR) is 123 cm³/mol. The molecule has 0 spiro atoms. The smallest absolute Gasteiger partial charge is 0.258 e. The largest absolute Gasteiger partial charge is 0.543 e. The normalized spacial score (nSPS) is 12.5. The third-order valence-corrected chi connectivity index (χ3v) is 12.1. The molecule has 0 radical (unpaired) electrons. The lowest BCUT2D eigenvalue weighted by atomic mass is 10.00. The van der Waals surface area contributed by atoms with E-state index in [0.29, 0.717) is 16.6 Å². The minimum Gasteiger partial charge on any atom is -0.543 e. The van der Waals surface area contributed by atoms with E-state index in [0.717, 1.165) is 11.3 Å². The molecule has 0 aliphatic heterocycles. The van der Waals surface area contributed by atoms with Gasteiger partial charge >= 0.3 is 0 Å². The fourth-order valence-electron chi connectivity index (χ4n) is 4.80. The van der Waals surface area contributed by atoms with Crippen molar-refractivity contribution < 1.29 is 4.43 Å². The van der Waals surface area contributed by atoms with E-state index >= 15 is 0 Å². The first-order valence-electron chi connectivity index (χ1n) is 10.1. The van der Waals surface area contributed by atoms with Crippen molar-refractivity contribution in [2.45, 2.75) is 58.2 Å². The maximum Gasteiger partial charge on any atom is 0.258 e. The van der Waals surface area contributed by atoms with Crippen LogP contribution in [0.3, 0.4) is 0 Å². The second kappa shape index (κ2) is 7.51. The Labute approximate surface area is 165 Å². The van der Waals surface area contributed by atoms with Gasteiger partial charge in [0.1, 0.15) is 5.76 Å². The standard InChI is InChI=1S/C25H32OSi/c1-17(2)27(18(3)4,19(5)6)26-20(7)23-15-14-22-13-12-21-10-8-9-11-24(21)25(22)16-23/h8-19H,7H2,1-6H3. The van der Waals surface area contributed by atoms with Crippen molar-refractivity contribution in [1.82, 2.24) is 0 Å². The Hall–Kier alpha value is -2.06. The summed E-state index contributed by atoms with van der Waals surface area (Å²) in [6, 6.07) is 19.5. The van der Waals surface area contributed by atoms with Gasteiger partial charge in [-0.05, 0) is 44.2 Å². The number of hydrogen-bond donors (Lipinski definition) is 0. The summed E-state index contributed by atoms with van der Waals surface area (Å²) in [4.78, 5) is 0. The molecule has 3 rings (SSSR count). The minimum atomic E-state index is -1.99. The third-order valence-electron chi connectivity index (χ3n) is 6.08. The van der Waals surface area contributed by atoms with Crippen LogP contribution in [-0.2, 0) is 4.43 Å². The molecule has 3 aromatic rings. The van der Waals surface area contributed by atoms with Crippen LogP contribution in [-0.4, -0.2) is 8.32 Å². The van der Waals surface area contributed by atoms with Gasteiger partial charge < -0.3 is 4.43 Å². The van der Waals surface area contributed by atoms with E-state index in [2.05, 4.69) is 103 Å². The summed E-state index contributed by atoms with van der Waals surface area (Å²) in [5.41, 5.74) is 2.71. The van der Waals surface area contributed by atoms with Crippen molar-refractivity contribution in [3.05, 3.63) is 66.7 Å². The molecule has 0 aliphatic rings. The zero-order valence-electron chi connectivity index (χ0n) is 17.5. The molecule has 0 saturated carbocycles. The highest BCUT2D eigenvalue weighted by molar-refractivity contribution is 6.78. The zero-order chi connectivity index (χ0) is 19.8. The van der Waals surface area contributed by atoms with Crippen molar-refractivity contribution in [2.24, 2.45) is 0 Å². The fourth-order valence-corrected chi connectivity index (χ4v) is 10.1. The Morgan fingerprint density at radius 2 is 1.26 bits per heavy atom. The summed E-state index contributed by atoms with van der Waals surface area (Å²) in [5, 5.41) is 5.07. The fraction of sp³-hybridized carbons (Fsp3) is 0.360. The van der Waals surface area contributed by atoms with Gasteiger partial charge in [0, 0.05) is 5.56 Å². The van der Waals surface area contributed by atoms with Crippen LogP contribution in [0.1, 0.15) is 47.1 Å². The first-order chi connectivity index (χ1) is 12.8. The molecule has 142 valence electrons. The highest BCUT2D eigenvalue weighted by atomic mass is 28.4. The van der Waals surface area contributed by atoms with Gasteiger partial charge in [0.25, 0.3) is 8.32 Å². The summed E-state index contributed by atoms with van der Waals surface area (Å²) >= 11 is 0. The van der Waals surface area contributed by atoms with Crippen LogP contribution in [0.15, 0.2) is 61.2 Å². The molecule has 1 nitrogen and oxygen atoms in total. The average Bonchev–Trinajstić information content (AvgIpc) is 2.64. The second-order valence-corrected chi connectivity index (χ2v) is 13.9. The van der Waals surface area contributed by atoms with E-state index in [9.17, 15) is 0 Å². The van der Waals surface area contributed by atoms with Crippen LogP contribution < -0.4 is 0 Å². The molecule has 0 aromatic heterocycles. The molecule has 0 unspecified atom stereocenters. The van der Waals surface area contributed by atoms with Crippen molar-refractivity contribution in [2.75, 3.05) is 0 Å². The van der Waals surface area contributed by atoms with E-state index in [1.807, 2.05) is 0 Å².